The van der Waals surface area contributed by atoms with Crippen LogP contribution in [0.2, 0.25) is 0 Å². The highest BCUT2D eigenvalue weighted by Crippen LogP contribution is 2.19. The zero-order valence-electron chi connectivity index (χ0n) is 31.3. The van der Waals surface area contributed by atoms with Gasteiger partial charge in [-0.1, -0.05) is 82.6 Å². The second-order valence-corrected chi connectivity index (χ2v) is 14.1. The average molecular weight is 744 g/mol. The van der Waals surface area contributed by atoms with Crippen LogP contribution >= 0.6 is 0 Å². The molecule has 0 fully saturated rings. The maximum absolute atomic E-state index is 14.2. The molecular formula is C40H53N7O7. The molecule has 0 aliphatic carbocycles. The molecule has 3 unspecified atom stereocenters. The van der Waals surface area contributed by atoms with Gasteiger partial charge in [0, 0.05) is 36.3 Å². The molecule has 2 aromatic carbocycles. The number of rotatable bonds is 20. The number of amides is 4. The molecule has 54 heavy (non-hydrogen) atoms. The van der Waals surface area contributed by atoms with E-state index in [1.54, 1.807) is 12.3 Å². The monoisotopic (exact) mass is 743 g/mol. The molecule has 2 heterocycles. The van der Waals surface area contributed by atoms with E-state index in [2.05, 4.69) is 36.2 Å². The lowest BCUT2D eigenvalue weighted by Gasteiger charge is -2.29. The molecule has 7 N–H and O–H groups in total. The molecular weight excluding hydrogens is 690 g/mol. The number of aromatic amines is 1. The van der Waals surface area contributed by atoms with E-state index in [0.717, 1.165) is 22.9 Å². The van der Waals surface area contributed by atoms with Crippen LogP contribution in [0.4, 0.5) is 4.79 Å². The summed E-state index contributed by atoms with van der Waals surface area (Å²) < 4.78 is 5.46. The summed E-state index contributed by atoms with van der Waals surface area (Å²) in [6.45, 7) is 7.47. The van der Waals surface area contributed by atoms with Crippen molar-refractivity contribution in [3.05, 3.63) is 96.2 Å². The maximum Gasteiger partial charge on any atom is 0.408 e. The van der Waals surface area contributed by atoms with Crippen molar-refractivity contribution in [1.29, 1.82) is 0 Å². The molecule has 14 heteroatoms. The molecule has 0 spiro atoms. The van der Waals surface area contributed by atoms with Crippen LogP contribution < -0.4 is 21.3 Å². The van der Waals surface area contributed by atoms with E-state index in [1.165, 1.54) is 12.5 Å². The summed E-state index contributed by atoms with van der Waals surface area (Å²) in [7, 11) is 0. The van der Waals surface area contributed by atoms with E-state index < -0.39 is 54.1 Å². The number of ether oxygens (including phenoxy) is 1. The molecule has 0 bridgehead atoms. The summed E-state index contributed by atoms with van der Waals surface area (Å²) >= 11 is 0. The van der Waals surface area contributed by atoms with E-state index in [-0.39, 0.29) is 44.3 Å². The van der Waals surface area contributed by atoms with E-state index >= 15 is 0 Å². The van der Waals surface area contributed by atoms with Crippen molar-refractivity contribution >= 4 is 34.7 Å². The van der Waals surface area contributed by atoms with Gasteiger partial charge in [0.15, 0.2) is 0 Å². The number of aliphatic hydroxyl groups is 2. The Bertz CT molecular complexity index is 1780. The quantitative estimate of drug-likeness (QED) is 0.0708. The van der Waals surface area contributed by atoms with Gasteiger partial charge in [0.1, 0.15) is 18.7 Å². The molecule has 290 valence electrons. The highest BCUT2D eigenvalue weighted by Gasteiger charge is 2.32. The number of fused-ring (bicyclic) bond motifs is 1. The number of carbonyl (C=O) groups excluding carboxylic acids is 4. The molecule has 0 aliphatic rings. The summed E-state index contributed by atoms with van der Waals surface area (Å²) in [5.41, 5.74) is 2.79. The number of pyridine rings is 1. The van der Waals surface area contributed by atoms with Crippen molar-refractivity contribution < 1.29 is 34.1 Å². The Hall–Kier alpha value is -5.34. The minimum atomic E-state index is -1.26. The topological polar surface area (TPSA) is 208 Å². The third kappa shape index (κ3) is 12.7. The number of H-pyrrole nitrogens is 1. The van der Waals surface area contributed by atoms with Crippen LogP contribution in [0.25, 0.3) is 10.9 Å². The lowest BCUT2D eigenvalue weighted by Crippen LogP contribution is -2.57. The van der Waals surface area contributed by atoms with E-state index in [4.69, 9.17) is 4.74 Å². The fourth-order valence-corrected chi connectivity index (χ4v) is 6.13. The standard InChI is InChI=1S/C40H53N7O7/c1-5-26(4)35(22-48)44-37(50)20-36(49)32(17-25(2)3)45-39(52)34(19-29-21-41-24-43-29)46-38(51)33(47-40(53)54-23-27-11-7-6-8-12-27)18-28-13-9-15-31-30(28)14-10-16-42-31/h6-16,21,24-26,32-36,48-49H,5,17-20,22-23H2,1-4H3,(H,41,43)(H,44,50)(H,45,52)(H,46,51)(H,47,53)/t26?,32?,33-,34-,35+,36?/m0/s1. The number of aliphatic hydroxyl groups excluding tert-OH is 2. The normalized spacial score (nSPS) is 14.6. The Morgan fingerprint density at radius 2 is 1.59 bits per heavy atom. The Balaban J connectivity index is 1.55. The van der Waals surface area contributed by atoms with Crippen LogP contribution in [-0.4, -0.2) is 85.9 Å². The third-order valence-corrected chi connectivity index (χ3v) is 9.38. The van der Waals surface area contributed by atoms with Crippen LogP contribution in [0.5, 0.6) is 0 Å². The summed E-state index contributed by atoms with van der Waals surface area (Å²) in [4.78, 5) is 65.7. The number of nitrogens with zero attached hydrogens (tertiary/aromatic N) is 2. The minimum absolute atomic E-state index is 0.0129. The fraction of sp³-hybridized carbons (Fsp3) is 0.450. The van der Waals surface area contributed by atoms with E-state index in [0.29, 0.717) is 17.6 Å². The number of alkyl carbamates (subject to hydrolysis) is 1. The molecule has 4 aromatic rings. The molecule has 14 nitrogen and oxygen atoms in total. The predicted molar refractivity (Wildman–Crippen MR) is 204 cm³/mol. The number of benzene rings is 2. The summed E-state index contributed by atoms with van der Waals surface area (Å²) in [5, 5.41) is 33.0. The summed E-state index contributed by atoms with van der Waals surface area (Å²) in [6.07, 6.45) is 3.43. The van der Waals surface area contributed by atoms with Crippen LogP contribution in [0.1, 0.15) is 63.8 Å². The minimum Gasteiger partial charge on any atom is -0.445 e. The van der Waals surface area contributed by atoms with Crippen LogP contribution in [0.3, 0.4) is 0 Å². The number of hydrogen-bond acceptors (Lipinski definition) is 9. The third-order valence-electron chi connectivity index (χ3n) is 9.38. The number of aromatic nitrogens is 3. The maximum atomic E-state index is 14.2. The average Bonchev–Trinajstić information content (AvgIpc) is 3.68. The van der Waals surface area contributed by atoms with Gasteiger partial charge in [0.05, 0.1) is 43.1 Å². The highest BCUT2D eigenvalue weighted by molar-refractivity contribution is 5.92. The molecule has 0 saturated heterocycles. The van der Waals surface area contributed by atoms with Crippen LogP contribution in [0.15, 0.2) is 79.4 Å². The Morgan fingerprint density at radius 3 is 2.28 bits per heavy atom. The van der Waals surface area contributed by atoms with Gasteiger partial charge >= 0.3 is 6.09 Å². The van der Waals surface area contributed by atoms with Crippen molar-refractivity contribution in [3.8, 4) is 0 Å². The van der Waals surface area contributed by atoms with Gasteiger partial charge in [-0.2, -0.15) is 0 Å². The molecule has 4 rings (SSSR count). The number of carbonyl (C=O) groups is 4. The van der Waals surface area contributed by atoms with Gasteiger partial charge < -0.3 is 41.2 Å². The van der Waals surface area contributed by atoms with Gasteiger partial charge in [-0.3, -0.25) is 19.4 Å². The van der Waals surface area contributed by atoms with Crippen molar-refractivity contribution in [2.24, 2.45) is 11.8 Å². The SMILES string of the molecule is CCC(C)[C@@H](CO)NC(=O)CC(O)C(CC(C)C)NC(=O)[C@H](Cc1cnc[nH]1)NC(=O)[C@H](Cc1cccc2ncccc12)NC(=O)OCc1ccccc1. The van der Waals surface area contributed by atoms with Gasteiger partial charge in [-0.15, -0.1) is 0 Å². The zero-order valence-corrected chi connectivity index (χ0v) is 31.3. The molecule has 6 atom stereocenters. The van der Waals surface area contributed by atoms with Crippen molar-refractivity contribution in [2.45, 2.75) is 96.7 Å². The van der Waals surface area contributed by atoms with E-state index in [1.807, 2.05) is 82.3 Å². The number of imidazole rings is 1. The predicted octanol–water partition coefficient (Wildman–Crippen LogP) is 3.33. The van der Waals surface area contributed by atoms with E-state index in [9.17, 15) is 29.4 Å². The first-order chi connectivity index (χ1) is 26.0. The molecule has 0 aliphatic heterocycles. The summed E-state index contributed by atoms with van der Waals surface area (Å²) in [6, 6.07) is 14.7. The fourth-order valence-electron chi connectivity index (χ4n) is 6.13. The number of nitrogens with one attached hydrogen (secondary N) is 5. The Labute approximate surface area is 315 Å². The molecule has 0 radical (unpaired) electrons. The Kier molecular flexibility index (Phi) is 15.9. The zero-order chi connectivity index (χ0) is 39.0. The first-order valence-electron chi connectivity index (χ1n) is 18.4. The largest absolute Gasteiger partial charge is 0.445 e. The second-order valence-electron chi connectivity index (χ2n) is 14.1. The molecule has 4 amide bonds. The van der Waals surface area contributed by atoms with Gasteiger partial charge in [0.2, 0.25) is 17.7 Å². The second kappa shape index (κ2) is 20.8. The first kappa shape index (κ1) is 41.4. The van der Waals surface area contributed by atoms with Crippen LogP contribution in [0, 0.1) is 11.8 Å². The van der Waals surface area contributed by atoms with Crippen molar-refractivity contribution in [2.75, 3.05) is 6.61 Å². The first-order valence-corrected chi connectivity index (χ1v) is 18.4. The van der Waals surface area contributed by atoms with Gasteiger partial charge in [0.25, 0.3) is 0 Å². The van der Waals surface area contributed by atoms with Crippen molar-refractivity contribution in [1.82, 2.24) is 36.2 Å². The lowest BCUT2D eigenvalue weighted by atomic mass is 9.95. The summed E-state index contributed by atoms with van der Waals surface area (Å²) in [5.74, 6) is -1.65. The lowest BCUT2D eigenvalue weighted by molar-refractivity contribution is -0.131. The van der Waals surface area contributed by atoms with Gasteiger partial charge in [-0.25, -0.2) is 9.78 Å². The van der Waals surface area contributed by atoms with Gasteiger partial charge in [-0.05, 0) is 41.5 Å². The Morgan fingerprint density at radius 1 is 0.852 bits per heavy atom. The molecule has 2 aromatic heterocycles. The highest BCUT2D eigenvalue weighted by atomic mass is 16.5. The number of hydrogen-bond donors (Lipinski definition) is 7. The van der Waals surface area contributed by atoms with Crippen LogP contribution in [-0.2, 0) is 38.6 Å². The smallest absolute Gasteiger partial charge is 0.408 e. The molecule has 0 saturated carbocycles. The van der Waals surface area contributed by atoms with Crippen molar-refractivity contribution in [3.63, 3.8) is 0 Å².